The predicted octanol–water partition coefficient (Wildman–Crippen LogP) is 1.77. The monoisotopic (exact) mass is 132 g/mol. The molecular formula is C7H13FO. The fourth-order valence-corrected chi connectivity index (χ4v) is 1.18. The number of halogens is 1. The number of ether oxygens (including phenoxy) is 1. The second-order valence-corrected chi connectivity index (χ2v) is 2.78. The highest BCUT2D eigenvalue weighted by Gasteiger charge is 2.18. The molecule has 1 aliphatic heterocycles. The molecule has 1 heterocycles. The first kappa shape index (κ1) is 7.00. The molecule has 0 aromatic carbocycles. The van der Waals surface area contributed by atoms with E-state index in [0.29, 0.717) is 5.92 Å². The van der Waals surface area contributed by atoms with Crippen molar-refractivity contribution < 1.29 is 9.13 Å². The summed E-state index contributed by atoms with van der Waals surface area (Å²) in [5, 5.41) is 0. The third-order valence-electron chi connectivity index (χ3n) is 1.80. The first-order valence-corrected chi connectivity index (χ1v) is 3.50. The molecule has 1 unspecified atom stereocenters. The van der Waals surface area contributed by atoms with E-state index in [-0.39, 0.29) is 12.8 Å². The number of hydrogen-bond acceptors (Lipinski definition) is 1. The van der Waals surface area contributed by atoms with Crippen molar-refractivity contribution in [1.82, 2.24) is 0 Å². The standard InChI is InChI=1S/C7H13FO/c1-6-2-3-9-7(4-6)5-8/h6-7H,2-5H2,1H3/t6-,7?/m1/s1. The van der Waals surface area contributed by atoms with Crippen molar-refractivity contribution in [2.75, 3.05) is 13.3 Å². The maximum Gasteiger partial charge on any atom is 0.116 e. The van der Waals surface area contributed by atoms with Crippen LogP contribution in [0.5, 0.6) is 0 Å². The Bertz CT molecular complexity index is 85.0. The van der Waals surface area contributed by atoms with Crippen LogP contribution in [0.15, 0.2) is 0 Å². The highest BCUT2D eigenvalue weighted by Crippen LogP contribution is 2.19. The van der Waals surface area contributed by atoms with Crippen molar-refractivity contribution in [3.05, 3.63) is 0 Å². The van der Waals surface area contributed by atoms with E-state index in [0.717, 1.165) is 19.4 Å². The van der Waals surface area contributed by atoms with Crippen LogP contribution < -0.4 is 0 Å². The van der Waals surface area contributed by atoms with Crippen LogP contribution in [-0.2, 0) is 4.74 Å². The van der Waals surface area contributed by atoms with Crippen LogP contribution in [0.3, 0.4) is 0 Å². The van der Waals surface area contributed by atoms with Gasteiger partial charge in [0.2, 0.25) is 0 Å². The summed E-state index contributed by atoms with van der Waals surface area (Å²) < 4.78 is 17.0. The minimum atomic E-state index is -0.315. The van der Waals surface area contributed by atoms with Crippen molar-refractivity contribution in [3.63, 3.8) is 0 Å². The van der Waals surface area contributed by atoms with Crippen LogP contribution in [0.2, 0.25) is 0 Å². The highest BCUT2D eigenvalue weighted by molar-refractivity contribution is 4.67. The van der Waals surface area contributed by atoms with Gasteiger partial charge in [-0.1, -0.05) is 6.92 Å². The summed E-state index contributed by atoms with van der Waals surface area (Å²) in [6.07, 6.45) is 1.89. The molecule has 0 radical (unpaired) electrons. The summed E-state index contributed by atoms with van der Waals surface area (Å²) in [6, 6.07) is 0. The maximum absolute atomic E-state index is 11.9. The summed E-state index contributed by atoms with van der Waals surface area (Å²) in [4.78, 5) is 0. The average molecular weight is 132 g/mol. The molecule has 0 bridgehead atoms. The SMILES string of the molecule is C[C@@H]1CCOC(CF)C1. The van der Waals surface area contributed by atoms with E-state index in [2.05, 4.69) is 6.92 Å². The van der Waals surface area contributed by atoms with E-state index >= 15 is 0 Å². The van der Waals surface area contributed by atoms with Gasteiger partial charge < -0.3 is 4.74 Å². The van der Waals surface area contributed by atoms with Crippen molar-refractivity contribution in [3.8, 4) is 0 Å². The van der Waals surface area contributed by atoms with Gasteiger partial charge in [0.25, 0.3) is 0 Å². The number of alkyl halides is 1. The van der Waals surface area contributed by atoms with E-state index in [9.17, 15) is 4.39 Å². The van der Waals surface area contributed by atoms with E-state index in [1.165, 1.54) is 0 Å². The Kier molecular flexibility index (Phi) is 2.46. The van der Waals surface area contributed by atoms with Crippen molar-refractivity contribution in [2.45, 2.75) is 25.9 Å². The first-order valence-electron chi connectivity index (χ1n) is 3.50. The Hall–Kier alpha value is -0.110. The molecule has 2 heteroatoms. The van der Waals surface area contributed by atoms with Gasteiger partial charge in [0.1, 0.15) is 6.67 Å². The molecule has 9 heavy (non-hydrogen) atoms. The van der Waals surface area contributed by atoms with Crippen LogP contribution in [0.25, 0.3) is 0 Å². The Morgan fingerprint density at radius 3 is 2.89 bits per heavy atom. The second-order valence-electron chi connectivity index (χ2n) is 2.78. The Morgan fingerprint density at radius 2 is 2.44 bits per heavy atom. The third-order valence-corrected chi connectivity index (χ3v) is 1.80. The fourth-order valence-electron chi connectivity index (χ4n) is 1.18. The summed E-state index contributed by atoms with van der Waals surface area (Å²) in [7, 11) is 0. The molecule has 0 N–H and O–H groups in total. The van der Waals surface area contributed by atoms with Gasteiger partial charge in [-0.3, -0.25) is 0 Å². The van der Waals surface area contributed by atoms with Gasteiger partial charge in [0.05, 0.1) is 6.10 Å². The van der Waals surface area contributed by atoms with Gasteiger partial charge in [-0.05, 0) is 18.8 Å². The van der Waals surface area contributed by atoms with Crippen molar-refractivity contribution >= 4 is 0 Å². The van der Waals surface area contributed by atoms with E-state index in [4.69, 9.17) is 4.74 Å². The lowest BCUT2D eigenvalue weighted by Gasteiger charge is -2.24. The minimum Gasteiger partial charge on any atom is -0.375 e. The van der Waals surface area contributed by atoms with Gasteiger partial charge in [-0.25, -0.2) is 4.39 Å². The summed E-state index contributed by atoms with van der Waals surface area (Å²) in [5.74, 6) is 0.652. The molecule has 0 aliphatic carbocycles. The molecule has 1 nitrogen and oxygen atoms in total. The molecular weight excluding hydrogens is 119 g/mol. The van der Waals surface area contributed by atoms with Gasteiger partial charge >= 0.3 is 0 Å². The molecule has 1 saturated heterocycles. The maximum atomic E-state index is 11.9. The number of rotatable bonds is 1. The van der Waals surface area contributed by atoms with Gasteiger partial charge in [-0.15, -0.1) is 0 Å². The molecule has 1 fully saturated rings. The molecule has 1 rings (SSSR count). The lowest BCUT2D eigenvalue weighted by Crippen LogP contribution is -2.25. The normalized spacial score (nSPS) is 36.7. The molecule has 2 atom stereocenters. The number of hydrogen-bond donors (Lipinski definition) is 0. The average Bonchev–Trinajstić information content (AvgIpc) is 1.88. The molecule has 0 spiro atoms. The van der Waals surface area contributed by atoms with Crippen LogP contribution in [0.4, 0.5) is 4.39 Å². The van der Waals surface area contributed by atoms with Crippen molar-refractivity contribution in [1.29, 1.82) is 0 Å². The summed E-state index contributed by atoms with van der Waals surface area (Å²) >= 11 is 0. The lowest BCUT2D eigenvalue weighted by atomic mass is 9.98. The van der Waals surface area contributed by atoms with E-state index in [1.807, 2.05) is 0 Å². The quantitative estimate of drug-likeness (QED) is 0.528. The van der Waals surface area contributed by atoms with Crippen LogP contribution in [-0.4, -0.2) is 19.4 Å². The highest BCUT2D eigenvalue weighted by atomic mass is 19.1. The van der Waals surface area contributed by atoms with E-state index < -0.39 is 0 Å². The molecule has 0 aromatic rings. The lowest BCUT2D eigenvalue weighted by molar-refractivity contribution is -0.0174. The molecule has 0 saturated carbocycles. The second kappa shape index (κ2) is 3.16. The Balaban J connectivity index is 2.23. The zero-order chi connectivity index (χ0) is 6.69. The van der Waals surface area contributed by atoms with Crippen LogP contribution in [0, 0.1) is 5.92 Å². The van der Waals surface area contributed by atoms with Gasteiger partial charge in [0.15, 0.2) is 0 Å². The van der Waals surface area contributed by atoms with Crippen LogP contribution in [0.1, 0.15) is 19.8 Å². The molecule has 0 amide bonds. The minimum absolute atomic E-state index is 0.103. The topological polar surface area (TPSA) is 9.23 Å². The fraction of sp³-hybridized carbons (Fsp3) is 1.00. The van der Waals surface area contributed by atoms with Gasteiger partial charge in [-0.2, -0.15) is 0 Å². The third kappa shape index (κ3) is 1.94. The zero-order valence-electron chi connectivity index (χ0n) is 5.77. The summed E-state index contributed by atoms with van der Waals surface area (Å²) in [5.41, 5.74) is 0. The zero-order valence-corrected chi connectivity index (χ0v) is 5.77. The largest absolute Gasteiger partial charge is 0.375 e. The molecule has 0 aromatic heterocycles. The molecule has 54 valence electrons. The van der Waals surface area contributed by atoms with Crippen molar-refractivity contribution in [2.24, 2.45) is 5.92 Å². The van der Waals surface area contributed by atoms with E-state index in [1.54, 1.807) is 0 Å². The predicted molar refractivity (Wildman–Crippen MR) is 34.1 cm³/mol. The Labute approximate surface area is 55.2 Å². The van der Waals surface area contributed by atoms with Gasteiger partial charge in [0, 0.05) is 6.61 Å². The first-order chi connectivity index (χ1) is 4.33. The molecule has 1 aliphatic rings. The summed E-state index contributed by atoms with van der Waals surface area (Å²) in [6.45, 7) is 2.57. The smallest absolute Gasteiger partial charge is 0.116 e. The Morgan fingerprint density at radius 1 is 1.67 bits per heavy atom. The van der Waals surface area contributed by atoms with Crippen LogP contribution >= 0.6 is 0 Å².